The highest BCUT2D eigenvalue weighted by Crippen LogP contribution is 2.15. The number of aliphatic hydroxyl groups excluding tert-OH is 1. The molecule has 1 amide bonds. The first-order valence-corrected chi connectivity index (χ1v) is 5.77. The molecule has 0 heterocycles. The van der Waals surface area contributed by atoms with Crippen molar-refractivity contribution in [3.8, 4) is 0 Å². The van der Waals surface area contributed by atoms with Gasteiger partial charge in [0.05, 0.1) is 6.10 Å². The zero-order chi connectivity index (χ0) is 13.8. The van der Waals surface area contributed by atoms with Crippen LogP contribution in [0.1, 0.15) is 31.9 Å². The Hall–Kier alpha value is -1.46. The second kappa shape index (κ2) is 5.93. The Morgan fingerprint density at radius 3 is 2.78 bits per heavy atom. The van der Waals surface area contributed by atoms with Crippen LogP contribution in [0.25, 0.3) is 0 Å². The molecular weight excluding hydrogens is 235 g/mol. The third-order valence-corrected chi connectivity index (χ3v) is 2.62. The van der Waals surface area contributed by atoms with Crippen molar-refractivity contribution >= 4 is 5.91 Å². The summed E-state index contributed by atoms with van der Waals surface area (Å²) in [6.07, 6.45) is -0.657. The molecule has 0 aromatic heterocycles. The lowest BCUT2D eigenvalue weighted by atomic mass is 9.99. The first kappa shape index (κ1) is 14.6. The fraction of sp³-hybridized carbons (Fsp3) is 0.462. The molecule has 0 aliphatic heterocycles. The highest BCUT2D eigenvalue weighted by atomic mass is 19.1. The Morgan fingerprint density at radius 1 is 1.56 bits per heavy atom. The van der Waals surface area contributed by atoms with E-state index < -0.39 is 17.6 Å². The predicted molar refractivity (Wildman–Crippen MR) is 67.3 cm³/mol. The first-order chi connectivity index (χ1) is 8.30. The summed E-state index contributed by atoms with van der Waals surface area (Å²) < 4.78 is 13.0. The molecule has 0 saturated heterocycles. The highest BCUT2D eigenvalue weighted by Gasteiger charge is 2.21. The molecule has 1 unspecified atom stereocenters. The number of carbonyl (C=O) groups excluding carboxylic acids is 1. The maximum absolute atomic E-state index is 13.0. The van der Waals surface area contributed by atoms with Crippen molar-refractivity contribution in [1.29, 1.82) is 0 Å². The van der Waals surface area contributed by atoms with Crippen molar-refractivity contribution in [2.75, 3.05) is 6.54 Å². The monoisotopic (exact) mass is 254 g/mol. The SMILES string of the molecule is CC(C)(CC(N)=O)NCC(O)c1cccc(F)c1. The van der Waals surface area contributed by atoms with Gasteiger partial charge in [0, 0.05) is 18.5 Å². The number of nitrogens with two attached hydrogens (primary N) is 1. The number of halogens is 1. The summed E-state index contributed by atoms with van der Waals surface area (Å²) in [6.45, 7) is 3.86. The van der Waals surface area contributed by atoms with Crippen LogP contribution in [0.15, 0.2) is 24.3 Å². The summed E-state index contributed by atoms with van der Waals surface area (Å²) in [7, 11) is 0. The normalized spacial score (nSPS) is 13.3. The molecule has 1 rings (SSSR count). The summed E-state index contributed by atoms with van der Waals surface area (Å²) in [5.74, 6) is -0.796. The lowest BCUT2D eigenvalue weighted by molar-refractivity contribution is -0.119. The Labute approximate surface area is 106 Å². The third kappa shape index (κ3) is 4.81. The fourth-order valence-corrected chi connectivity index (χ4v) is 1.70. The average Bonchev–Trinajstić information content (AvgIpc) is 2.24. The minimum absolute atomic E-state index is 0.170. The number of β-amino-alcohol motifs (C(OH)–C–C–N with tert-alkyl or cyclic N) is 1. The number of rotatable bonds is 6. The Balaban J connectivity index is 2.55. The molecule has 0 radical (unpaired) electrons. The zero-order valence-electron chi connectivity index (χ0n) is 10.6. The van der Waals surface area contributed by atoms with E-state index in [4.69, 9.17) is 5.73 Å². The summed E-state index contributed by atoms with van der Waals surface area (Å²) in [5.41, 5.74) is 5.12. The van der Waals surface area contributed by atoms with E-state index in [2.05, 4.69) is 5.32 Å². The van der Waals surface area contributed by atoms with Gasteiger partial charge in [-0.1, -0.05) is 12.1 Å². The summed E-state index contributed by atoms with van der Waals surface area (Å²) in [6, 6.07) is 5.80. The number of hydrogen-bond donors (Lipinski definition) is 3. The Bertz CT molecular complexity index is 421. The topological polar surface area (TPSA) is 75.4 Å². The second-order valence-electron chi connectivity index (χ2n) is 4.98. The zero-order valence-corrected chi connectivity index (χ0v) is 10.6. The summed E-state index contributed by atoms with van der Waals surface area (Å²) >= 11 is 0. The molecule has 0 saturated carbocycles. The van der Waals surface area contributed by atoms with Crippen LogP contribution in [0, 0.1) is 5.82 Å². The molecule has 0 aliphatic carbocycles. The van der Waals surface area contributed by atoms with Crippen molar-refractivity contribution in [3.63, 3.8) is 0 Å². The Kier molecular flexibility index (Phi) is 4.81. The highest BCUT2D eigenvalue weighted by molar-refractivity contribution is 5.74. The maximum Gasteiger partial charge on any atom is 0.219 e. The largest absolute Gasteiger partial charge is 0.387 e. The van der Waals surface area contributed by atoms with E-state index >= 15 is 0 Å². The Morgan fingerprint density at radius 2 is 2.22 bits per heavy atom. The van der Waals surface area contributed by atoms with E-state index in [0.29, 0.717) is 5.56 Å². The van der Waals surface area contributed by atoms with E-state index in [1.807, 2.05) is 13.8 Å². The van der Waals surface area contributed by atoms with E-state index in [1.165, 1.54) is 12.1 Å². The quantitative estimate of drug-likeness (QED) is 0.711. The summed E-state index contributed by atoms with van der Waals surface area (Å²) in [4.78, 5) is 10.8. The van der Waals surface area contributed by atoms with Gasteiger partial charge >= 0.3 is 0 Å². The van der Waals surface area contributed by atoms with Crippen molar-refractivity contribution in [2.45, 2.75) is 31.9 Å². The van der Waals surface area contributed by atoms with Gasteiger partial charge in [-0.05, 0) is 31.5 Å². The van der Waals surface area contributed by atoms with Crippen LogP contribution in [0.5, 0.6) is 0 Å². The van der Waals surface area contributed by atoms with Gasteiger partial charge in [-0.3, -0.25) is 4.79 Å². The van der Waals surface area contributed by atoms with Crippen LogP contribution >= 0.6 is 0 Å². The van der Waals surface area contributed by atoms with Crippen LogP contribution in [-0.2, 0) is 4.79 Å². The molecule has 100 valence electrons. The molecule has 1 atom stereocenters. The van der Waals surface area contributed by atoms with E-state index in [1.54, 1.807) is 12.1 Å². The van der Waals surface area contributed by atoms with Gasteiger partial charge in [-0.2, -0.15) is 0 Å². The van der Waals surface area contributed by atoms with Crippen LogP contribution < -0.4 is 11.1 Å². The molecule has 0 fully saturated rings. The summed E-state index contributed by atoms with van der Waals surface area (Å²) in [5, 5.41) is 12.9. The molecule has 18 heavy (non-hydrogen) atoms. The molecule has 0 aliphatic rings. The minimum Gasteiger partial charge on any atom is -0.387 e. The van der Waals surface area contributed by atoms with Crippen molar-refractivity contribution in [3.05, 3.63) is 35.6 Å². The lowest BCUT2D eigenvalue weighted by Gasteiger charge is -2.26. The van der Waals surface area contributed by atoms with E-state index in [0.717, 1.165) is 0 Å². The van der Waals surface area contributed by atoms with Gasteiger partial charge in [0.2, 0.25) is 5.91 Å². The van der Waals surface area contributed by atoms with Gasteiger partial charge in [0.1, 0.15) is 5.82 Å². The minimum atomic E-state index is -0.826. The van der Waals surface area contributed by atoms with Crippen molar-refractivity contribution in [1.82, 2.24) is 5.32 Å². The number of amides is 1. The average molecular weight is 254 g/mol. The van der Waals surface area contributed by atoms with Gasteiger partial charge in [-0.15, -0.1) is 0 Å². The number of nitrogens with one attached hydrogen (secondary N) is 1. The number of primary amides is 1. The lowest BCUT2D eigenvalue weighted by Crippen LogP contribution is -2.44. The van der Waals surface area contributed by atoms with Crippen LogP contribution in [0.2, 0.25) is 0 Å². The van der Waals surface area contributed by atoms with Gasteiger partial charge in [-0.25, -0.2) is 4.39 Å². The number of carbonyl (C=O) groups is 1. The van der Waals surface area contributed by atoms with E-state index in [-0.39, 0.29) is 18.8 Å². The maximum atomic E-state index is 13.0. The third-order valence-electron chi connectivity index (χ3n) is 2.62. The molecule has 0 bridgehead atoms. The molecule has 4 nitrogen and oxygen atoms in total. The van der Waals surface area contributed by atoms with Gasteiger partial charge in [0.15, 0.2) is 0 Å². The van der Waals surface area contributed by atoms with Gasteiger partial charge < -0.3 is 16.2 Å². The fourth-order valence-electron chi connectivity index (χ4n) is 1.70. The standard InChI is InChI=1S/C13H19FN2O2/c1-13(2,7-12(15)18)16-8-11(17)9-4-3-5-10(14)6-9/h3-6,11,16-17H,7-8H2,1-2H3,(H2,15,18). The van der Waals surface area contributed by atoms with Gasteiger partial charge in [0.25, 0.3) is 0 Å². The molecule has 5 heteroatoms. The number of benzene rings is 1. The van der Waals surface area contributed by atoms with Crippen LogP contribution in [0.3, 0.4) is 0 Å². The molecule has 1 aromatic rings. The smallest absolute Gasteiger partial charge is 0.219 e. The van der Waals surface area contributed by atoms with Crippen LogP contribution in [-0.4, -0.2) is 23.1 Å². The first-order valence-electron chi connectivity index (χ1n) is 5.77. The second-order valence-corrected chi connectivity index (χ2v) is 4.98. The number of hydrogen-bond acceptors (Lipinski definition) is 3. The van der Waals surface area contributed by atoms with Crippen molar-refractivity contribution in [2.24, 2.45) is 5.73 Å². The van der Waals surface area contributed by atoms with E-state index in [9.17, 15) is 14.3 Å². The molecule has 4 N–H and O–H groups in total. The van der Waals surface area contributed by atoms with Crippen LogP contribution in [0.4, 0.5) is 4.39 Å². The van der Waals surface area contributed by atoms with Crippen molar-refractivity contribution < 1.29 is 14.3 Å². The predicted octanol–water partition coefficient (Wildman–Crippen LogP) is 1.10. The molecule has 0 spiro atoms. The number of aliphatic hydroxyl groups is 1. The molecular formula is C13H19FN2O2. The molecule has 1 aromatic carbocycles.